The lowest BCUT2D eigenvalue weighted by molar-refractivity contribution is 0.0179. The van der Waals surface area contributed by atoms with Crippen LogP contribution in [0.15, 0.2) is 36.4 Å². The Hall–Kier alpha value is -4.48. The highest BCUT2D eigenvalue weighted by Crippen LogP contribution is 2.36. The van der Waals surface area contributed by atoms with E-state index in [1.165, 1.54) is 5.39 Å². The highest BCUT2D eigenvalue weighted by Gasteiger charge is 2.38. The molecule has 2 atom stereocenters. The second-order valence-corrected chi connectivity index (χ2v) is 16.9. The Labute approximate surface area is 308 Å². The van der Waals surface area contributed by atoms with Crippen LogP contribution in [-0.4, -0.2) is 77.9 Å². The van der Waals surface area contributed by atoms with Gasteiger partial charge < -0.3 is 31.1 Å². The lowest BCUT2D eigenvalue weighted by Crippen LogP contribution is -2.51. The maximum absolute atomic E-state index is 12.2. The number of hydrogen-bond acceptors (Lipinski definition) is 7. The maximum Gasteiger partial charge on any atom is 0.410 e. The molecule has 52 heavy (non-hydrogen) atoms. The first kappa shape index (κ1) is 38.7. The number of carbonyl (C=O) groups is 2. The molecular weight excluding hydrogens is 656 g/mol. The number of aromatic nitrogens is 4. The molecule has 0 bridgehead atoms. The van der Waals surface area contributed by atoms with E-state index in [2.05, 4.69) is 40.3 Å². The van der Waals surface area contributed by atoms with Crippen LogP contribution in [0.2, 0.25) is 0 Å². The molecule has 6 rings (SSSR count). The van der Waals surface area contributed by atoms with Gasteiger partial charge in [-0.05, 0) is 127 Å². The molecule has 2 unspecified atom stereocenters. The molecule has 0 aliphatic carbocycles. The number of piperidine rings is 2. The minimum atomic E-state index is -0.799. The van der Waals surface area contributed by atoms with E-state index >= 15 is 0 Å². The van der Waals surface area contributed by atoms with Gasteiger partial charge in [0.25, 0.3) is 0 Å². The van der Waals surface area contributed by atoms with Crippen LogP contribution >= 0.6 is 0 Å². The van der Waals surface area contributed by atoms with Gasteiger partial charge in [0, 0.05) is 60.9 Å². The number of hydrogen-bond donors (Lipinski definition) is 3. The van der Waals surface area contributed by atoms with Crippen molar-refractivity contribution in [1.29, 1.82) is 0 Å². The molecule has 2 aromatic carbocycles. The van der Waals surface area contributed by atoms with Crippen LogP contribution in [0.3, 0.4) is 0 Å². The summed E-state index contributed by atoms with van der Waals surface area (Å²) in [6, 6.07) is 12.0. The van der Waals surface area contributed by atoms with Crippen LogP contribution in [0.1, 0.15) is 91.5 Å². The molecule has 4 heterocycles. The molecule has 2 aliphatic rings. The van der Waals surface area contributed by atoms with E-state index in [4.69, 9.17) is 16.2 Å². The standard InChI is InChI=1S/2C20H30N4O2/c1-14-17-6-5-16(21)13-18(17)24(22-14)12-9-15-7-10-23(11-8-15)19(25)26-20(2,3)4;1-13-16-6-5-15(21)12-17(16)24(22-13)10-8-14-7-9-23(19(25)26)18(11-14)20(2,3)4/h5-6,13,15H,7-12,21H2,1-4H3;5-6,12,14,18H,7-11,21H2,1-4H3,(H,25,26). The highest BCUT2D eigenvalue weighted by atomic mass is 16.6. The van der Waals surface area contributed by atoms with E-state index < -0.39 is 11.7 Å². The number of carbonyl (C=O) groups excluding carboxylic acids is 1. The summed E-state index contributed by atoms with van der Waals surface area (Å²) in [5.74, 6) is 1.12. The Kier molecular flexibility index (Phi) is 11.6. The zero-order valence-corrected chi connectivity index (χ0v) is 32.5. The SMILES string of the molecule is Cc1nn(CCC2CCN(C(=O)O)C(C(C)(C)C)C2)c2cc(N)ccc12.Cc1nn(CCC2CCN(C(=O)OC(C)(C)C)CC2)c2cc(N)ccc12. The van der Waals surface area contributed by atoms with Crippen molar-refractivity contribution in [1.82, 2.24) is 29.4 Å². The van der Waals surface area contributed by atoms with E-state index in [0.717, 1.165) is 104 Å². The Balaban J connectivity index is 0.000000201. The Morgan fingerprint density at radius 1 is 0.788 bits per heavy atom. The summed E-state index contributed by atoms with van der Waals surface area (Å²) in [6.45, 7) is 20.0. The van der Waals surface area contributed by atoms with E-state index in [1.807, 2.05) is 75.9 Å². The van der Waals surface area contributed by atoms with Gasteiger partial charge in [0.2, 0.25) is 0 Å². The highest BCUT2D eigenvalue weighted by molar-refractivity contribution is 5.85. The number of rotatable bonds is 6. The van der Waals surface area contributed by atoms with Crippen molar-refractivity contribution in [3.63, 3.8) is 0 Å². The quantitative estimate of drug-likeness (QED) is 0.169. The third kappa shape index (κ3) is 9.49. The first-order valence-electron chi connectivity index (χ1n) is 18.8. The third-order valence-electron chi connectivity index (χ3n) is 10.6. The Morgan fingerprint density at radius 2 is 1.27 bits per heavy atom. The number of nitrogens with two attached hydrogens (primary N) is 2. The van der Waals surface area contributed by atoms with Crippen LogP contribution in [-0.2, 0) is 17.8 Å². The van der Waals surface area contributed by atoms with Gasteiger partial charge >= 0.3 is 12.2 Å². The Morgan fingerprint density at radius 3 is 1.73 bits per heavy atom. The van der Waals surface area contributed by atoms with Crippen molar-refractivity contribution in [3.8, 4) is 0 Å². The topological polar surface area (TPSA) is 158 Å². The molecule has 2 fully saturated rings. The smallest absolute Gasteiger partial charge is 0.410 e. The third-order valence-corrected chi connectivity index (χ3v) is 10.6. The zero-order valence-electron chi connectivity index (χ0n) is 32.5. The van der Waals surface area contributed by atoms with Gasteiger partial charge in [-0.2, -0.15) is 10.2 Å². The normalized spacial score (nSPS) is 18.8. The first-order chi connectivity index (χ1) is 24.4. The fourth-order valence-electron chi connectivity index (χ4n) is 7.75. The summed E-state index contributed by atoms with van der Waals surface area (Å²) >= 11 is 0. The van der Waals surface area contributed by atoms with Crippen LogP contribution in [0.4, 0.5) is 21.0 Å². The number of amides is 2. The van der Waals surface area contributed by atoms with E-state index in [-0.39, 0.29) is 17.6 Å². The number of fused-ring (bicyclic) bond motifs is 2. The van der Waals surface area contributed by atoms with Crippen molar-refractivity contribution in [2.45, 2.75) is 119 Å². The van der Waals surface area contributed by atoms with Crippen molar-refractivity contribution >= 4 is 45.4 Å². The van der Waals surface area contributed by atoms with Gasteiger partial charge in [0.1, 0.15) is 5.60 Å². The molecule has 4 aromatic rings. The summed E-state index contributed by atoms with van der Waals surface area (Å²) in [6.07, 6.45) is 4.93. The Bertz CT molecular complexity index is 1860. The lowest BCUT2D eigenvalue weighted by Gasteiger charge is -2.44. The minimum absolute atomic E-state index is 0.0551. The average molecular weight is 717 g/mol. The molecule has 12 nitrogen and oxygen atoms in total. The molecule has 284 valence electrons. The first-order valence-corrected chi connectivity index (χ1v) is 18.8. The summed E-state index contributed by atoms with van der Waals surface area (Å²) in [4.78, 5) is 27.2. The molecule has 2 amide bonds. The fraction of sp³-hybridized carbons (Fsp3) is 0.600. The molecule has 5 N–H and O–H groups in total. The number of likely N-dealkylation sites (tertiary alicyclic amines) is 2. The van der Waals surface area contributed by atoms with Crippen LogP contribution in [0.25, 0.3) is 21.8 Å². The van der Waals surface area contributed by atoms with Gasteiger partial charge in [-0.25, -0.2) is 9.59 Å². The van der Waals surface area contributed by atoms with Crippen LogP contribution in [0, 0.1) is 31.1 Å². The van der Waals surface area contributed by atoms with Crippen LogP contribution < -0.4 is 11.5 Å². The van der Waals surface area contributed by atoms with Crippen molar-refractivity contribution in [2.24, 2.45) is 17.3 Å². The van der Waals surface area contributed by atoms with Gasteiger partial charge in [0.05, 0.1) is 22.4 Å². The van der Waals surface area contributed by atoms with Gasteiger partial charge in [-0.1, -0.05) is 20.8 Å². The van der Waals surface area contributed by atoms with Crippen molar-refractivity contribution in [2.75, 3.05) is 31.1 Å². The molecule has 12 heteroatoms. The second kappa shape index (κ2) is 15.6. The van der Waals surface area contributed by atoms with E-state index in [1.54, 1.807) is 4.90 Å². The number of anilines is 2. The van der Waals surface area contributed by atoms with Crippen molar-refractivity contribution in [3.05, 3.63) is 47.8 Å². The van der Waals surface area contributed by atoms with E-state index in [9.17, 15) is 14.7 Å². The summed E-state index contributed by atoms with van der Waals surface area (Å²) in [7, 11) is 0. The van der Waals surface area contributed by atoms with Gasteiger partial charge in [-0.3, -0.25) is 9.36 Å². The predicted molar refractivity (Wildman–Crippen MR) is 208 cm³/mol. The number of nitrogen functional groups attached to an aromatic ring is 2. The molecular formula is C40H60N8O4. The number of benzene rings is 2. The van der Waals surface area contributed by atoms with Gasteiger partial charge in [-0.15, -0.1) is 0 Å². The lowest BCUT2D eigenvalue weighted by atomic mass is 9.76. The van der Waals surface area contributed by atoms with Crippen LogP contribution in [0.5, 0.6) is 0 Å². The minimum Gasteiger partial charge on any atom is -0.465 e. The second-order valence-electron chi connectivity index (χ2n) is 16.9. The zero-order chi connectivity index (χ0) is 38.0. The summed E-state index contributed by atoms with van der Waals surface area (Å²) in [5, 5.41) is 21.2. The number of carboxylic acid groups (broad SMARTS) is 1. The molecule has 2 saturated heterocycles. The molecule has 0 spiro atoms. The molecule has 0 radical (unpaired) electrons. The molecule has 0 saturated carbocycles. The maximum atomic E-state index is 12.2. The monoisotopic (exact) mass is 716 g/mol. The summed E-state index contributed by atoms with van der Waals surface area (Å²) in [5.41, 5.74) is 17.2. The average Bonchev–Trinajstić information content (AvgIpc) is 3.55. The van der Waals surface area contributed by atoms with Crippen molar-refractivity contribution < 1.29 is 19.4 Å². The predicted octanol–water partition coefficient (Wildman–Crippen LogP) is 8.09. The number of aryl methyl sites for hydroxylation is 4. The molecule has 2 aliphatic heterocycles. The van der Waals surface area contributed by atoms with E-state index in [0.29, 0.717) is 18.4 Å². The van der Waals surface area contributed by atoms with Gasteiger partial charge in [0.15, 0.2) is 0 Å². The summed E-state index contributed by atoms with van der Waals surface area (Å²) < 4.78 is 9.59. The molecule has 2 aromatic heterocycles. The fourth-order valence-corrected chi connectivity index (χ4v) is 7.75. The number of nitrogens with zero attached hydrogens (tertiary/aromatic N) is 6. The number of ether oxygens (including phenoxy) is 1. The largest absolute Gasteiger partial charge is 0.465 e.